The summed E-state index contributed by atoms with van der Waals surface area (Å²) >= 11 is 7.56. The minimum Gasteiger partial charge on any atom is -0.355 e. The van der Waals surface area contributed by atoms with Crippen LogP contribution in [0.5, 0.6) is 0 Å². The first kappa shape index (κ1) is 22.3. The third-order valence-electron chi connectivity index (χ3n) is 4.32. The predicted molar refractivity (Wildman–Crippen MR) is 117 cm³/mol. The number of halogens is 1. The van der Waals surface area contributed by atoms with Crippen molar-refractivity contribution in [2.45, 2.75) is 38.6 Å². The Morgan fingerprint density at radius 3 is 2.43 bits per heavy atom. The first-order chi connectivity index (χ1) is 13.5. The number of thioether (sulfide) groups is 1. The first-order valence-corrected chi connectivity index (χ1v) is 11.0. The van der Waals surface area contributed by atoms with Gasteiger partial charge in [-0.3, -0.25) is 9.59 Å². The second-order valence-corrected chi connectivity index (χ2v) is 7.87. The summed E-state index contributed by atoms with van der Waals surface area (Å²) in [6.07, 6.45) is 0.573. The van der Waals surface area contributed by atoms with Crippen molar-refractivity contribution in [2.75, 3.05) is 12.3 Å². The average molecular weight is 419 g/mol. The van der Waals surface area contributed by atoms with E-state index in [0.29, 0.717) is 36.0 Å². The third kappa shape index (κ3) is 6.88. The van der Waals surface area contributed by atoms with Crippen LogP contribution in [0.25, 0.3) is 0 Å². The molecular weight excluding hydrogens is 392 g/mol. The van der Waals surface area contributed by atoms with E-state index in [4.69, 9.17) is 11.6 Å². The SMILES string of the molecule is CCNC(=O)[C@@H](CC)N(Cc1ccccc1)C(=O)CSCc1cccc(Cl)c1. The van der Waals surface area contributed by atoms with Gasteiger partial charge in [0.25, 0.3) is 0 Å². The quantitative estimate of drug-likeness (QED) is 0.617. The van der Waals surface area contributed by atoms with E-state index in [1.807, 2.05) is 68.4 Å². The number of carbonyl (C=O) groups is 2. The van der Waals surface area contributed by atoms with Crippen molar-refractivity contribution in [2.24, 2.45) is 0 Å². The van der Waals surface area contributed by atoms with E-state index in [2.05, 4.69) is 5.32 Å². The summed E-state index contributed by atoms with van der Waals surface area (Å²) in [4.78, 5) is 27.2. The van der Waals surface area contributed by atoms with Gasteiger partial charge in [-0.2, -0.15) is 0 Å². The second kappa shape index (κ2) is 11.8. The van der Waals surface area contributed by atoms with Gasteiger partial charge < -0.3 is 10.2 Å². The van der Waals surface area contributed by atoms with Gasteiger partial charge in [0.1, 0.15) is 6.04 Å². The lowest BCUT2D eigenvalue weighted by Crippen LogP contribution is -2.49. The van der Waals surface area contributed by atoms with Crippen molar-refractivity contribution in [1.82, 2.24) is 10.2 Å². The zero-order chi connectivity index (χ0) is 20.4. The highest BCUT2D eigenvalue weighted by molar-refractivity contribution is 7.99. The Kier molecular flexibility index (Phi) is 9.38. The van der Waals surface area contributed by atoms with E-state index < -0.39 is 6.04 Å². The predicted octanol–water partition coefficient (Wildman–Crippen LogP) is 4.52. The molecule has 0 aliphatic heterocycles. The Morgan fingerprint density at radius 2 is 1.79 bits per heavy atom. The number of hydrogen-bond donors (Lipinski definition) is 1. The maximum Gasteiger partial charge on any atom is 0.242 e. The second-order valence-electron chi connectivity index (χ2n) is 6.45. The van der Waals surface area contributed by atoms with Gasteiger partial charge in [0.15, 0.2) is 0 Å². The van der Waals surface area contributed by atoms with Gasteiger partial charge in [-0.05, 0) is 36.6 Å². The maximum absolute atomic E-state index is 13.0. The number of hydrogen-bond acceptors (Lipinski definition) is 3. The molecule has 0 unspecified atom stereocenters. The molecule has 150 valence electrons. The molecule has 0 fully saturated rings. The fraction of sp³-hybridized carbons (Fsp3) is 0.364. The Labute approximate surface area is 176 Å². The van der Waals surface area contributed by atoms with Gasteiger partial charge in [0.2, 0.25) is 11.8 Å². The molecular formula is C22H27ClN2O2S. The van der Waals surface area contributed by atoms with Crippen molar-refractivity contribution in [3.05, 3.63) is 70.7 Å². The number of benzene rings is 2. The molecule has 2 rings (SSSR count). The molecule has 1 atom stereocenters. The summed E-state index contributed by atoms with van der Waals surface area (Å²) in [6, 6.07) is 17.0. The van der Waals surface area contributed by atoms with Crippen molar-refractivity contribution in [1.29, 1.82) is 0 Å². The normalized spacial score (nSPS) is 11.7. The van der Waals surface area contributed by atoms with Crippen molar-refractivity contribution >= 4 is 35.2 Å². The molecule has 0 radical (unpaired) electrons. The summed E-state index contributed by atoms with van der Waals surface area (Å²) in [5.74, 6) is 0.877. The van der Waals surface area contributed by atoms with Crippen LogP contribution in [0, 0.1) is 0 Å². The molecule has 0 aliphatic rings. The fourth-order valence-electron chi connectivity index (χ4n) is 2.96. The summed E-state index contributed by atoms with van der Waals surface area (Å²) in [5, 5.41) is 3.54. The lowest BCUT2D eigenvalue weighted by molar-refractivity contribution is -0.139. The van der Waals surface area contributed by atoms with Crippen molar-refractivity contribution in [3.8, 4) is 0 Å². The highest BCUT2D eigenvalue weighted by atomic mass is 35.5. The topological polar surface area (TPSA) is 49.4 Å². The number of nitrogens with one attached hydrogen (secondary N) is 1. The largest absolute Gasteiger partial charge is 0.355 e. The Hall–Kier alpha value is -1.98. The van der Waals surface area contributed by atoms with E-state index in [9.17, 15) is 9.59 Å². The van der Waals surface area contributed by atoms with E-state index in [0.717, 1.165) is 11.1 Å². The summed E-state index contributed by atoms with van der Waals surface area (Å²) in [6.45, 7) is 4.79. The molecule has 2 aromatic carbocycles. The number of nitrogens with zero attached hydrogens (tertiary/aromatic N) is 1. The molecule has 4 nitrogen and oxygen atoms in total. The summed E-state index contributed by atoms with van der Waals surface area (Å²) in [7, 11) is 0. The van der Waals surface area contributed by atoms with Crippen LogP contribution in [0.3, 0.4) is 0 Å². The Morgan fingerprint density at radius 1 is 1.07 bits per heavy atom. The average Bonchev–Trinajstić information content (AvgIpc) is 2.69. The molecule has 0 bridgehead atoms. The maximum atomic E-state index is 13.0. The summed E-state index contributed by atoms with van der Waals surface area (Å²) < 4.78 is 0. The lowest BCUT2D eigenvalue weighted by Gasteiger charge is -2.30. The van der Waals surface area contributed by atoms with Crippen molar-refractivity contribution in [3.63, 3.8) is 0 Å². The van der Waals surface area contributed by atoms with E-state index in [-0.39, 0.29) is 11.8 Å². The molecule has 0 aliphatic carbocycles. The molecule has 0 spiro atoms. The summed E-state index contributed by atoms with van der Waals surface area (Å²) in [5.41, 5.74) is 2.09. The van der Waals surface area contributed by atoms with Crippen LogP contribution in [-0.2, 0) is 21.9 Å². The van der Waals surface area contributed by atoms with E-state index >= 15 is 0 Å². The van der Waals surface area contributed by atoms with Gasteiger partial charge in [-0.1, -0.05) is 61.0 Å². The Balaban J connectivity index is 2.07. The number of amides is 2. The smallest absolute Gasteiger partial charge is 0.242 e. The van der Waals surface area contributed by atoms with Gasteiger partial charge in [-0.25, -0.2) is 0 Å². The van der Waals surface area contributed by atoms with Crippen LogP contribution >= 0.6 is 23.4 Å². The number of carbonyl (C=O) groups excluding carboxylic acids is 2. The first-order valence-electron chi connectivity index (χ1n) is 9.48. The minimum absolute atomic E-state index is 0.0333. The molecule has 2 amide bonds. The van der Waals surface area contributed by atoms with Gasteiger partial charge >= 0.3 is 0 Å². The standard InChI is InChI=1S/C22H27ClN2O2S/c1-3-20(22(27)24-4-2)25(14-17-9-6-5-7-10-17)21(26)16-28-15-18-11-8-12-19(23)13-18/h5-13,20H,3-4,14-16H2,1-2H3,(H,24,27)/t20-/m1/s1. The van der Waals surface area contributed by atoms with Crippen LogP contribution in [-0.4, -0.2) is 35.1 Å². The number of likely N-dealkylation sites (N-methyl/N-ethyl adjacent to an activating group) is 1. The van der Waals surface area contributed by atoms with Crippen LogP contribution in [0.2, 0.25) is 5.02 Å². The molecule has 6 heteroatoms. The highest BCUT2D eigenvalue weighted by Gasteiger charge is 2.28. The molecule has 1 N–H and O–H groups in total. The van der Waals surface area contributed by atoms with Gasteiger partial charge in [0, 0.05) is 23.9 Å². The molecule has 28 heavy (non-hydrogen) atoms. The zero-order valence-corrected chi connectivity index (χ0v) is 17.9. The monoisotopic (exact) mass is 418 g/mol. The third-order valence-corrected chi connectivity index (χ3v) is 5.54. The molecule has 0 heterocycles. The van der Waals surface area contributed by atoms with Crippen LogP contribution in [0.4, 0.5) is 0 Å². The molecule has 0 saturated carbocycles. The van der Waals surface area contributed by atoms with E-state index in [1.54, 1.807) is 4.90 Å². The zero-order valence-electron chi connectivity index (χ0n) is 16.4. The van der Waals surface area contributed by atoms with Crippen molar-refractivity contribution < 1.29 is 9.59 Å². The highest BCUT2D eigenvalue weighted by Crippen LogP contribution is 2.19. The fourth-order valence-corrected chi connectivity index (χ4v) is 4.03. The molecule has 0 aromatic heterocycles. The van der Waals surface area contributed by atoms with Crippen LogP contribution in [0.1, 0.15) is 31.4 Å². The molecule has 2 aromatic rings. The van der Waals surface area contributed by atoms with Crippen LogP contribution < -0.4 is 5.32 Å². The lowest BCUT2D eigenvalue weighted by atomic mass is 10.1. The van der Waals surface area contributed by atoms with Gasteiger partial charge in [0.05, 0.1) is 5.75 Å². The minimum atomic E-state index is -0.473. The number of rotatable bonds is 10. The van der Waals surface area contributed by atoms with E-state index in [1.165, 1.54) is 11.8 Å². The van der Waals surface area contributed by atoms with Gasteiger partial charge in [-0.15, -0.1) is 11.8 Å². The van der Waals surface area contributed by atoms with Crippen LogP contribution in [0.15, 0.2) is 54.6 Å². The molecule has 0 saturated heterocycles. The Bertz CT molecular complexity index is 770.